The molecule has 1 N–H and O–H groups in total. The largest absolute Gasteiger partial charge is 0.489 e. The predicted molar refractivity (Wildman–Crippen MR) is 78.6 cm³/mol. The molecule has 21 heavy (non-hydrogen) atoms. The van der Waals surface area contributed by atoms with E-state index in [1.807, 2.05) is 31.2 Å². The molecule has 0 saturated carbocycles. The van der Waals surface area contributed by atoms with Gasteiger partial charge in [0.05, 0.1) is 0 Å². The Morgan fingerprint density at radius 3 is 2.76 bits per heavy atom. The zero-order valence-electron chi connectivity index (χ0n) is 11.5. The van der Waals surface area contributed by atoms with Crippen LogP contribution in [-0.2, 0) is 11.4 Å². The summed E-state index contributed by atoms with van der Waals surface area (Å²) < 4.78 is 19.1. The molecular weight excluding hydrogens is 271 g/mol. The second kappa shape index (κ2) is 6.70. The Hall–Kier alpha value is -2.62. The third kappa shape index (κ3) is 4.45. The van der Waals surface area contributed by atoms with Crippen LogP contribution in [0.25, 0.3) is 6.08 Å². The van der Waals surface area contributed by atoms with Gasteiger partial charge in [-0.25, -0.2) is 9.18 Å². The number of hydrogen-bond acceptors (Lipinski definition) is 2. The normalized spacial score (nSPS) is 10.8. The van der Waals surface area contributed by atoms with Gasteiger partial charge in [0.15, 0.2) is 0 Å². The van der Waals surface area contributed by atoms with E-state index in [0.717, 1.165) is 17.2 Å². The number of carboxylic acids is 1. The van der Waals surface area contributed by atoms with Gasteiger partial charge >= 0.3 is 5.97 Å². The van der Waals surface area contributed by atoms with Crippen molar-refractivity contribution >= 4 is 12.0 Å². The van der Waals surface area contributed by atoms with Crippen molar-refractivity contribution in [1.82, 2.24) is 0 Å². The van der Waals surface area contributed by atoms with Crippen molar-refractivity contribution in [2.45, 2.75) is 13.5 Å². The molecule has 4 heteroatoms. The third-order valence-electron chi connectivity index (χ3n) is 2.97. The Morgan fingerprint density at radius 2 is 2.05 bits per heavy atom. The predicted octanol–water partition coefficient (Wildman–Crippen LogP) is 3.81. The molecule has 0 spiro atoms. The molecule has 0 saturated heterocycles. The number of aryl methyl sites for hydroxylation is 1. The Bertz CT molecular complexity index is 677. The van der Waals surface area contributed by atoms with Gasteiger partial charge in [-0.1, -0.05) is 24.3 Å². The van der Waals surface area contributed by atoms with Gasteiger partial charge < -0.3 is 9.84 Å². The van der Waals surface area contributed by atoms with E-state index in [1.165, 1.54) is 18.2 Å². The molecule has 0 amide bonds. The number of rotatable bonds is 5. The second-order valence-corrected chi connectivity index (χ2v) is 4.61. The van der Waals surface area contributed by atoms with Crippen LogP contribution < -0.4 is 4.74 Å². The molecular formula is C17H15FO3. The van der Waals surface area contributed by atoms with Crippen LogP contribution in [0, 0.1) is 12.7 Å². The Labute approximate surface area is 122 Å². The van der Waals surface area contributed by atoms with Crippen LogP contribution in [0.2, 0.25) is 0 Å². The van der Waals surface area contributed by atoms with E-state index >= 15 is 0 Å². The highest BCUT2D eigenvalue weighted by molar-refractivity contribution is 5.85. The number of benzene rings is 2. The summed E-state index contributed by atoms with van der Waals surface area (Å²) in [4.78, 5) is 10.5. The van der Waals surface area contributed by atoms with E-state index in [2.05, 4.69) is 0 Å². The molecule has 0 aliphatic rings. The van der Waals surface area contributed by atoms with Crippen molar-refractivity contribution in [3.63, 3.8) is 0 Å². The fourth-order valence-electron chi connectivity index (χ4n) is 1.86. The average Bonchev–Trinajstić information content (AvgIpc) is 2.44. The van der Waals surface area contributed by atoms with Gasteiger partial charge in [-0.2, -0.15) is 0 Å². The number of aliphatic carboxylic acids is 1. The summed E-state index contributed by atoms with van der Waals surface area (Å²) in [6, 6.07) is 11.9. The van der Waals surface area contributed by atoms with Crippen LogP contribution in [-0.4, -0.2) is 11.1 Å². The molecule has 0 aromatic heterocycles. The van der Waals surface area contributed by atoms with Crippen molar-refractivity contribution in [3.8, 4) is 5.75 Å². The standard InChI is InChI=1S/C17H15FO3/c1-12-4-2-3-5-14(12)11-21-16-9-13(6-7-17(19)20)8-15(18)10-16/h2-10H,11H2,1H3,(H,19,20)/b7-6+. The zero-order valence-corrected chi connectivity index (χ0v) is 11.5. The maximum atomic E-state index is 13.5. The fraction of sp³-hybridized carbons (Fsp3) is 0.118. The molecule has 0 bridgehead atoms. The number of ether oxygens (including phenoxy) is 1. The van der Waals surface area contributed by atoms with E-state index in [4.69, 9.17) is 9.84 Å². The lowest BCUT2D eigenvalue weighted by Gasteiger charge is -2.09. The average molecular weight is 286 g/mol. The smallest absolute Gasteiger partial charge is 0.328 e. The monoisotopic (exact) mass is 286 g/mol. The van der Waals surface area contributed by atoms with Crippen LogP contribution in [0.5, 0.6) is 5.75 Å². The van der Waals surface area contributed by atoms with Crippen molar-refractivity contribution in [3.05, 3.63) is 71.0 Å². The number of carbonyl (C=O) groups is 1. The maximum Gasteiger partial charge on any atom is 0.328 e. The number of hydrogen-bond donors (Lipinski definition) is 1. The highest BCUT2D eigenvalue weighted by Gasteiger charge is 2.03. The molecule has 2 aromatic carbocycles. The molecule has 0 radical (unpaired) electrons. The van der Waals surface area contributed by atoms with Gasteiger partial charge in [-0.15, -0.1) is 0 Å². The zero-order chi connectivity index (χ0) is 15.2. The molecule has 0 aliphatic heterocycles. The third-order valence-corrected chi connectivity index (χ3v) is 2.97. The molecule has 0 aliphatic carbocycles. The molecule has 2 aromatic rings. The van der Waals surface area contributed by atoms with Gasteiger partial charge in [0, 0.05) is 12.1 Å². The summed E-state index contributed by atoms with van der Waals surface area (Å²) >= 11 is 0. The van der Waals surface area contributed by atoms with Crippen LogP contribution in [0.4, 0.5) is 4.39 Å². The van der Waals surface area contributed by atoms with Crippen LogP contribution in [0.15, 0.2) is 48.5 Å². The van der Waals surface area contributed by atoms with Crippen LogP contribution in [0.1, 0.15) is 16.7 Å². The van der Waals surface area contributed by atoms with Gasteiger partial charge in [0.1, 0.15) is 18.2 Å². The van der Waals surface area contributed by atoms with Crippen LogP contribution in [0.3, 0.4) is 0 Å². The summed E-state index contributed by atoms with van der Waals surface area (Å²) in [5.74, 6) is -1.19. The van der Waals surface area contributed by atoms with Crippen molar-refractivity contribution in [2.24, 2.45) is 0 Å². The molecule has 3 nitrogen and oxygen atoms in total. The summed E-state index contributed by atoms with van der Waals surface area (Å²) in [5.41, 5.74) is 2.56. The van der Waals surface area contributed by atoms with E-state index in [1.54, 1.807) is 6.07 Å². The molecule has 0 fully saturated rings. The highest BCUT2D eigenvalue weighted by Crippen LogP contribution is 2.19. The molecule has 0 atom stereocenters. The van der Waals surface area contributed by atoms with Gasteiger partial charge in [-0.3, -0.25) is 0 Å². The first-order chi connectivity index (χ1) is 10.0. The number of halogens is 1. The minimum Gasteiger partial charge on any atom is -0.489 e. The van der Waals surface area contributed by atoms with Gasteiger partial charge in [-0.05, 0) is 41.8 Å². The Morgan fingerprint density at radius 1 is 1.29 bits per heavy atom. The quantitative estimate of drug-likeness (QED) is 0.850. The van der Waals surface area contributed by atoms with E-state index in [0.29, 0.717) is 17.9 Å². The van der Waals surface area contributed by atoms with Crippen LogP contribution >= 0.6 is 0 Å². The maximum absolute atomic E-state index is 13.5. The molecule has 108 valence electrons. The molecule has 0 unspecified atom stereocenters. The first kappa shape index (κ1) is 14.8. The summed E-state index contributed by atoms with van der Waals surface area (Å²) in [6.07, 6.45) is 2.28. The van der Waals surface area contributed by atoms with Crippen molar-refractivity contribution in [2.75, 3.05) is 0 Å². The Balaban J connectivity index is 2.13. The van der Waals surface area contributed by atoms with E-state index in [9.17, 15) is 9.18 Å². The number of carboxylic acid groups (broad SMARTS) is 1. The lowest BCUT2D eigenvalue weighted by atomic mass is 10.1. The molecule has 2 rings (SSSR count). The SMILES string of the molecule is Cc1ccccc1COc1cc(F)cc(/C=C/C(=O)O)c1. The first-order valence-corrected chi connectivity index (χ1v) is 6.43. The van der Waals surface area contributed by atoms with E-state index < -0.39 is 11.8 Å². The van der Waals surface area contributed by atoms with Gasteiger partial charge in [0.2, 0.25) is 0 Å². The molecule has 0 heterocycles. The van der Waals surface area contributed by atoms with E-state index in [-0.39, 0.29) is 0 Å². The Kier molecular flexibility index (Phi) is 4.72. The first-order valence-electron chi connectivity index (χ1n) is 6.43. The minimum absolute atomic E-state index is 0.332. The second-order valence-electron chi connectivity index (χ2n) is 4.61. The summed E-state index contributed by atoms with van der Waals surface area (Å²) in [5, 5.41) is 8.58. The fourth-order valence-corrected chi connectivity index (χ4v) is 1.86. The van der Waals surface area contributed by atoms with Gasteiger partial charge in [0.25, 0.3) is 0 Å². The van der Waals surface area contributed by atoms with Crippen molar-refractivity contribution < 1.29 is 19.0 Å². The highest BCUT2D eigenvalue weighted by atomic mass is 19.1. The lowest BCUT2D eigenvalue weighted by molar-refractivity contribution is -0.131. The lowest BCUT2D eigenvalue weighted by Crippen LogP contribution is -1.98. The van der Waals surface area contributed by atoms with Crippen molar-refractivity contribution in [1.29, 1.82) is 0 Å². The topological polar surface area (TPSA) is 46.5 Å². The summed E-state index contributed by atoms with van der Waals surface area (Å²) in [7, 11) is 0. The minimum atomic E-state index is -1.08. The summed E-state index contributed by atoms with van der Waals surface area (Å²) in [6.45, 7) is 2.31.